The fourth-order valence-corrected chi connectivity index (χ4v) is 4.32. The summed E-state index contributed by atoms with van der Waals surface area (Å²) in [4.78, 5) is 4.28. The van der Waals surface area contributed by atoms with E-state index in [-0.39, 0.29) is 17.5 Å². The number of halogens is 1. The van der Waals surface area contributed by atoms with E-state index in [0.717, 1.165) is 12.1 Å². The first kappa shape index (κ1) is 16.0. The molecule has 0 amide bonds. The SMILES string of the molecule is CO[C@H]1C[C@@H](c2n[nH]c(C)n2)N(S(=O)(=O)c2ccc(F)cc2)C1. The third-order valence-electron chi connectivity index (χ3n) is 3.88. The number of methoxy groups -OCH3 is 1. The fourth-order valence-electron chi connectivity index (χ4n) is 2.69. The number of nitrogens with zero attached hydrogens (tertiary/aromatic N) is 3. The van der Waals surface area contributed by atoms with E-state index in [9.17, 15) is 12.8 Å². The van der Waals surface area contributed by atoms with Gasteiger partial charge in [-0.2, -0.15) is 9.40 Å². The average molecular weight is 340 g/mol. The van der Waals surface area contributed by atoms with Crippen LogP contribution in [0.5, 0.6) is 0 Å². The van der Waals surface area contributed by atoms with Crippen LogP contribution >= 0.6 is 0 Å². The number of aromatic nitrogens is 3. The lowest BCUT2D eigenvalue weighted by molar-refractivity contribution is 0.114. The Balaban J connectivity index is 1.98. The lowest BCUT2D eigenvalue weighted by Gasteiger charge is -2.21. The van der Waals surface area contributed by atoms with Crippen molar-refractivity contribution in [2.45, 2.75) is 30.4 Å². The zero-order valence-corrected chi connectivity index (χ0v) is 13.5. The van der Waals surface area contributed by atoms with Gasteiger partial charge in [-0.25, -0.2) is 17.8 Å². The summed E-state index contributed by atoms with van der Waals surface area (Å²) in [6, 6.07) is 4.25. The van der Waals surface area contributed by atoms with Gasteiger partial charge in [-0.3, -0.25) is 5.10 Å². The molecule has 23 heavy (non-hydrogen) atoms. The molecule has 1 aliphatic rings. The average Bonchev–Trinajstić information content (AvgIpc) is 3.13. The van der Waals surface area contributed by atoms with E-state index in [2.05, 4.69) is 15.2 Å². The summed E-state index contributed by atoms with van der Waals surface area (Å²) in [5.74, 6) is 0.536. The number of hydrogen-bond acceptors (Lipinski definition) is 5. The zero-order valence-electron chi connectivity index (χ0n) is 12.7. The summed E-state index contributed by atoms with van der Waals surface area (Å²) in [6.07, 6.45) is 0.225. The third-order valence-corrected chi connectivity index (χ3v) is 5.77. The van der Waals surface area contributed by atoms with Crippen LogP contribution in [0.4, 0.5) is 4.39 Å². The maximum absolute atomic E-state index is 13.1. The molecule has 1 saturated heterocycles. The van der Waals surface area contributed by atoms with Crippen LogP contribution in [-0.4, -0.2) is 47.7 Å². The second-order valence-electron chi connectivity index (χ2n) is 5.42. The van der Waals surface area contributed by atoms with Gasteiger partial charge in [0.05, 0.1) is 17.0 Å². The van der Waals surface area contributed by atoms with Gasteiger partial charge >= 0.3 is 0 Å². The monoisotopic (exact) mass is 340 g/mol. The Kier molecular flexibility index (Phi) is 4.17. The molecule has 0 radical (unpaired) electrons. The molecule has 1 aromatic heterocycles. The van der Waals surface area contributed by atoms with E-state index < -0.39 is 21.9 Å². The molecule has 1 fully saturated rings. The molecule has 1 N–H and O–H groups in total. The van der Waals surface area contributed by atoms with E-state index in [4.69, 9.17) is 4.74 Å². The van der Waals surface area contributed by atoms with Gasteiger partial charge in [0, 0.05) is 13.7 Å². The molecular formula is C14H17FN4O3S. The molecule has 2 heterocycles. The largest absolute Gasteiger partial charge is 0.380 e. The van der Waals surface area contributed by atoms with Crippen molar-refractivity contribution in [3.63, 3.8) is 0 Å². The lowest BCUT2D eigenvalue weighted by Crippen LogP contribution is -2.32. The Morgan fingerprint density at radius 3 is 2.61 bits per heavy atom. The van der Waals surface area contributed by atoms with Crippen LogP contribution < -0.4 is 0 Å². The van der Waals surface area contributed by atoms with Crippen molar-refractivity contribution in [1.82, 2.24) is 19.5 Å². The van der Waals surface area contributed by atoms with Crippen molar-refractivity contribution in [1.29, 1.82) is 0 Å². The number of sulfonamides is 1. The maximum atomic E-state index is 13.1. The number of aromatic amines is 1. The van der Waals surface area contributed by atoms with Gasteiger partial charge in [-0.05, 0) is 37.6 Å². The summed E-state index contributed by atoms with van der Waals surface area (Å²) in [7, 11) is -2.25. The summed E-state index contributed by atoms with van der Waals surface area (Å²) in [5, 5.41) is 6.80. The normalized spacial score (nSPS) is 22.6. The summed E-state index contributed by atoms with van der Waals surface area (Å²) in [5.41, 5.74) is 0. The van der Waals surface area contributed by atoms with Crippen LogP contribution in [0.2, 0.25) is 0 Å². The number of rotatable bonds is 4. The van der Waals surface area contributed by atoms with Gasteiger partial charge < -0.3 is 4.74 Å². The second-order valence-corrected chi connectivity index (χ2v) is 7.31. The van der Waals surface area contributed by atoms with Gasteiger partial charge in [-0.1, -0.05) is 0 Å². The van der Waals surface area contributed by atoms with Gasteiger partial charge in [0.2, 0.25) is 10.0 Å². The van der Waals surface area contributed by atoms with Gasteiger partial charge in [0.15, 0.2) is 5.82 Å². The predicted molar refractivity (Wildman–Crippen MR) is 79.6 cm³/mol. The highest BCUT2D eigenvalue weighted by Gasteiger charge is 2.43. The van der Waals surface area contributed by atoms with Crippen molar-refractivity contribution in [2.24, 2.45) is 0 Å². The number of hydrogen-bond donors (Lipinski definition) is 1. The molecule has 3 rings (SSSR count). The molecule has 124 valence electrons. The van der Waals surface area contributed by atoms with Gasteiger partial charge in [0.1, 0.15) is 11.6 Å². The second kappa shape index (κ2) is 5.99. The Bertz CT molecular complexity index is 791. The van der Waals surface area contributed by atoms with Crippen LogP contribution in [0.15, 0.2) is 29.2 Å². The first-order chi connectivity index (χ1) is 10.9. The molecule has 0 aliphatic carbocycles. The molecule has 1 aliphatic heterocycles. The van der Waals surface area contributed by atoms with Crippen LogP contribution in [-0.2, 0) is 14.8 Å². The fraction of sp³-hybridized carbons (Fsp3) is 0.429. The number of benzene rings is 1. The Labute approximate surface area is 133 Å². The van der Waals surface area contributed by atoms with Crippen LogP contribution in [0, 0.1) is 12.7 Å². The molecule has 1 aromatic carbocycles. The van der Waals surface area contributed by atoms with Crippen molar-refractivity contribution in [2.75, 3.05) is 13.7 Å². The maximum Gasteiger partial charge on any atom is 0.243 e. The van der Waals surface area contributed by atoms with Crippen molar-refractivity contribution < 1.29 is 17.5 Å². The number of nitrogens with one attached hydrogen (secondary N) is 1. The molecule has 0 spiro atoms. The van der Waals surface area contributed by atoms with Crippen molar-refractivity contribution in [3.05, 3.63) is 41.7 Å². The van der Waals surface area contributed by atoms with E-state index >= 15 is 0 Å². The van der Waals surface area contributed by atoms with E-state index in [1.165, 1.54) is 16.4 Å². The van der Waals surface area contributed by atoms with Crippen LogP contribution in [0.1, 0.15) is 24.1 Å². The van der Waals surface area contributed by atoms with Crippen LogP contribution in [0.25, 0.3) is 0 Å². The highest BCUT2D eigenvalue weighted by Crippen LogP contribution is 2.36. The first-order valence-electron chi connectivity index (χ1n) is 7.11. The van der Waals surface area contributed by atoms with E-state index in [1.807, 2.05) is 0 Å². The van der Waals surface area contributed by atoms with Gasteiger partial charge in [0.25, 0.3) is 0 Å². The van der Waals surface area contributed by atoms with E-state index in [1.54, 1.807) is 14.0 Å². The number of H-pyrrole nitrogens is 1. The molecule has 2 atom stereocenters. The first-order valence-corrected chi connectivity index (χ1v) is 8.55. The Morgan fingerprint density at radius 2 is 2.04 bits per heavy atom. The third kappa shape index (κ3) is 2.99. The minimum absolute atomic E-state index is 0.0351. The van der Waals surface area contributed by atoms with E-state index in [0.29, 0.717) is 18.1 Å². The smallest absolute Gasteiger partial charge is 0.243 e. The van der Waals surface area contributed by atoms with Gasteiger partial charge in [-0.15, -0.1) is 0 Å². The van der Waals surface area contributed by atoms with Crippen molar-refractivity contribution >= 4 is 10.0 Å². The lowest BCUT2D eigenvalue weighted by atomic mass is 10.2. The molecule has 0 bridgehead atoms. The molecule has 7 nitrogen and oxygen atoms in total. The molecule has 0 unspecified atom stereocenters. The number of aryl methyl sites for hydroxylation is 1. The minimum Gasteiger partial charge on any atom is -0.380 e. The standard InChI is InChI=1S/C14H17FN4O3S/c1-9-16-14(18-17-9)13-7-11(22-2)8-19(13)23(20,21)12-5-3-10(15)4-6-12/h3-6,11,13H,7-8H2,1-2H3,(H,16,17,18)/t11-,13-/m0/s1. The minimum atomic E-state index is -3.79. The Hall–Kier alpha value is -1.84. The highest BCUT2D eigenvalue weighted by molar-refractivity contribution is 7.89. The predicted octanol–water partition coefficient (Wildman–Crippen LogP) is 1.40. The topological polar surface area (TPSA) is 88.2 Å². The number of ether oxygens (including phenoxy) is 1. The Morgan fingerprint density at radius 1 is 1.35 bits per heavy atom. The zero-order chi connectivity index (χ0) is 16.6. The molecular weight excluding hydrogens is 323 g/mol. The summed E-state index contributed by atoms with van der Waals surface area (Å²) >= 11 is 0. The molecule has 0 saturated carbocycles. The molecule has 9 heteroatoms. The highest BCUT2D eigenvalue weighted by atomic mass is 32.2. The quantitative estimate of drug-likeness (QED) is 0.909. The molecule has 2 aromatic rings. The summed E-state index contributed by atoms with van der Waals surface area (Å²) in [6.45, 7) is 1.95. The van der Waals surface area contributed by atoms with Crippen LogP contribution in [0.3, 0.4) is 0 Å². The summed E-state index contributed by atoms with van der Waals surface area (Å²) < 4.78 is 45.5. The van der Waals surface area contributed by atoms with Crippen molar-refractivity contribution in [3.8, 4) is 0 Å².